The largest absolute Gasteiger partial charge is 0.310 e. The summed E-state index contributed by atoms with van der Waals surface area (Å²) in [5.74, 6) is 0. The molecule has 0 unspecified atom stereocenters. The van der Waals surface area contributed by atoms with Crippen molar-refractivity contribution < 1.29 is 0 Å². The Bertz CT molecular complexity index is 527. The molecule has 4 nitrogen and oxygen atoms in total. The molecule has 2 aromatic rings. The van der Waals surface area contributed by atoms with E-state index in [1.165, 1.54) is 5.56 Å². The molecule has 0 saturated heterocycles. The van der Waals surface area contributed by atoms with Crippen molar-refractivity contribution in [2.45, 2.75) is 40.1 Å². The molecule has 102 valence electrons. The zero-order valence-electron chi connectivity index (χ0n) is 11.1. The lowest BCUT2D eigenvalue weighted by atomic mass is 10.2. The molecule has 0 fully saturated rings. The summed E-state index contributed by atoms with van der Waals surface area (Å²) >= 11 is 4.80. The van der Waals surface area contributed by atoms with Gasteiger partial charge in [-0.1, -0.05) is 43.0 Å². The minimum absolute atomic E-state index is 0.461. The van der Waals surface area contributed by atoms with E-state index in [-0.39, 0.29) is 0 Å². The lowest BCUT2D eigenvalue weighted by Crippen LogP contribution is -2.22. The predicted octanol–water partition coefficient (Wildman–Crippen LogP) is 3.30. The highest BCUT2D eigenvalue weighted by molar-refractivity contribution is 8.03. The standard InChI is InChI=1S/C12H16N4S3/c1-8(2)14-7-9-5-4-6-13-10(9)18-12-16-15-11(17-3)19-12/h4-6,8,14H,7H2,1-3H3. The van der Waals surface area contributed by atoms with Crippen molar-refractivity contribution in [3.8, 4) is 0 Å². The van der Waals surface area contributed by atoms with Gasteiger partial charge in [0.1, 0.15) is 5.03 Å². The molecule has 0 bridgehead atoms. The van der Waals surface area contributed by atoms with Gasteiger partial charge in [-0.15, -0.1) is 10.2 Å². The highest BCUT2D eigenvalue weighted by atomic mass is 32.2. The number of rotatable bonds is 6. The summed E-state index contributed by atoms with van der Waals surface area (Å²) in [6.07, 6.45) is 3.82. The van der Waals surface area contributed by atoms with Crippen LogP contribution in [0.4, 0.5) is 0 Å². The lowest BCUT2D eigenvalue weighted by Gasteiger charge is -2.10. The van der Waals surface area contributed by atoms with Gasteiger partial charge in [-0.3, -0.25) is 0 Å². The van der Waals surface area contributed by atoms with Crippen molar-refractivity contribution in [3.05, 3.63) is 23.9 Å². The molecule has 0 aliphatic heterocycles. The maximum absolute atomic E-state index is 4.44. The first-order valence-electron chi connectivity index (χ1n) is 5.91. The Kier molecular flexibility index (Phi) is 5.62. The first kappa shape index (κ1) is 14.8. The number of thioether (sulfide) groups is 1. The summed E-state index contributed by atoms with van der Waals surface area (Å²) in [7, 11) is 0. The highest BCUT2D eigenvalue weighted by Gasteiger charge is 2.10. The number of hydrogen-bond acceptors (Lipinski definition) is 7. The summed E-state index contributed by atoms with van der Waals surface area (Å²) in [4.78, 5) is 4.44. The van der Waals surface area contributed by atoms with Crippen molar-refractivity contribution in [1.82, 2.24) is 20.5 Å². The average molecular weight is 312 g/mol. The molecular weight excluding hydrogens is 296 g/mol. The van der Waals surface area contributed by atoms with E-state index in [1.807, 2.05) is 18.5 Å². The van der Waals surface area contributed by atoms with E-state index >= 15 is 0 Å². The van der Waals surface area contributed by atoms with Crippen LogP contribution >= 0.6 is 34.9 Å². The third-order valence-electron chi connectivity index (χ3n) is 2.30. The van der Waals surface area contributed by atoms with Crippen LogP contribution in [0, 0.1) is 0 Å². The second-order valence-electron chi connectivity index (χ2n) is 4.14. The van der Waals surface area contributed by atoms with Gasteiger partial charge in [-0.05, 0) is 29.6 Å². The number of pyridine rings is 1. The van der Waals surface area contributed by atoms with Crippen molar-refractivity contribution in [3.63, 3.8) is 0 Å². The molecule has 2 heterocycles. The van der Waals surface area contributed by atoms with Crippen molar-refractivity contribution in [2.75, 3.05) is 6.26 Å². The van der Waals surface area contributed by atoms with E-state index in [4.69, 9.17) is 0 Å². The van der Waals surface area contributed by atoms with Crippen LogP contribution in [-0.4, -0.2) is 27.5 Å². The van der Waals surface area contributed by atoms with Gasteiger partial charge >= 0.3 is 0 Å². The molecule has 7 heteroatoms. The van der Waals surface area contributed by atoms with Gasteiger partial charge in [-0.25, -0.2) is 4.98 Å². The monoisotopic (exact) mass is 312 g/mol. The lowest BCUT2D eigenvalue weighted by molar-refractivity contribution is 0.582. The van der Waals surface area contributed by atoms with Crippen LogP contribution in [0.3, 0.4) is 0 Å². The fourth-order valence-electron chi connectivity index (χ4n) is 1.37. The first-order chi connectivity index (χ1) is 9.19. The number of aromatic nitrogens is 3. The fourth-order valence-corrected chi connectivity index (χ4v) is 3.80. The second kappa shape index (κ2) is 7.23. The molecule has 2 aromatic heterocycles. The molecule has 0 aliphatic rings. The van der Waals surface area contributed by atoms with E-state index in [1.54, 1.807) is 34.9 Å². The summed E-state index contributed by atoms with van der Waals surface area (Å²) in [6.45, 7) is 5.10. The summed E-state index contributed by atoms with van der Waals surface area (Å²) < 4.78 is 1.93. The Balaban J connectivity index is 2.10. The van der Waals surface area contributed by atoms with Gasteiger partial charge in [0.05, 0.1) is 0 Å². The Morgan fingerprint density at radius 2 is 2.11 bits per heavy atom. The van der Waals surface area contributed by atoms with Crippen LogP contribution in [0.1, 0.15) is 19.4 Å². The zero-order chi connectivity index (χ0) is 13.7. The topological polar surface area (TPSA) is 50.7 Å². The highest BCUT2D eigenvalue weighted by Crippen LogP contribution is 2.33. The zero-order valence-corrected chi connectivity index (χ0v) is 13.5. The molecule has 0 atom stereocenters. The molecule has 1 N–H and O–H groups in total. The van der Waals surface area contributed by atoms with Gasteiger partial charge < -0.3 is 5.32 Å². The Morgan fingerprint density at radius 3 is 2.79 bits per heavy atom. The normalized spacial score (nSPS) is 11.2. The SMILES string of the molecule is CSc1nnc(Sc2ncccc2CNC(C)C)s1. The number of nitrogens with one attached hydrogen (secondary N) is 1. The van der Waals surface area contributed by atoms with Crippen molar-refractivity contribution in [1.29, 1.82) is 0 Å². The van der Waals surface area contributed by atoms with Gasteiger partial charge in [0.15, 0.2) is 8.68 Å². The molecule has 2 rings (SSSR count). The van der Waals surface area contributed by atoms with Crippen LogP contribution in [-0.2, 0) is 6.54 Å². The minimum Gasteiger partial charge on any atom is -0.310 e. The molecule has 0 saturated carbocycles. The quantitative estimate of drug-likeness (QED) is 0.826. The molecule has 0 amide bonds. The Hall–Kier alpha value is -0.630. The van der Waals surface area contributed by atoms with E-state index < -0.39 is 0 Å². The first-order valence-corrected chi connectivity index (χ1v) is 8.77. The average Bonchev–Trinajstić information content (AvgIpc) is 2.85. The predicted molar refractivity (Wildman–Crippen MR) is 82.0 cm³/mol. The summed E-state index contributed by atoms with van der Waals surface area (Å²) in [6, 6.07) is 4.53. The minimum atomic E-state index is 0.461. The van der Waals surface area contributed by atoms with Gasteiger partial charge in [-0.2, -0.15) is 0 Å². The van der Waals surface area contributed by atoms with Crippen LogP contribution in [0.5, 0.6) is 0 Å². The Labute approximate surface area is 125 Å². The summed E-state index contributed by atoms with van der Waals surface area (Å²) in [5.41, 5.74) is 1.20. The van der Waals surface area contributed by atoms with Crippen LogP contribution in [0.2, 0.25) is 0 Å². The number of nitrogens with zero attached hydrogens (tertiary/aromatic N) is 3. The van der Waals surface area contributed by atoms with Gasteiger partial charge in [0.25, 0.3) is 0 Å². The molecule has 0 aliphatic carbocycles. The van der Waals surface area contributed by atoms with Gasteiger partial charge in [0.2, 0.25) is 0 Å². The Morgan fingerprint density at radius 1 is 1.32 bits per heavy atom. The van der Waals surface area contributed by atoms with E-state index in [0.717, 1.165) is 20.3 Å². The molecular formula is C12H16N4S3. The van der Waals surface area contributed by atoms with Crippen LogP contribution in [0.15, 0.2) is 32.0 Å². The van der Waals surface area contributed by atoms with Gasteiger partial charge in [0, 0.05) is 18.8 Å². The molecule has 0 aromatic carbocycles. The smallest absolute Gasteiger partial charge is 0.181 e. The molecule has 19 heavy (non-hydrogen) atoms. The van der Waals surface area contributed by atoms with E-state index in [2.05, 4.69) is 40.4 Å². The molecule has 0 radical (unpaired) electrons. The summed E-state index contributed by atoms with van der Waals surface area (Å²) in [5, 5.41) is 12.7. The maximum atomic E-state index is 4.44. The number of hydrogen-bond donors (Lipinski definition) is 1. The van der Waals surface area contributed by atoms with Crippen LogP contribution < -0.4 is 5.32 Å². The molecule has 0 spiro atoms. The van der Waals surface area contributed by atoms with Crippen LogP contribution in [0.25, 0.3) is 0 Å². The third-order valence-corrected chi connectivity index (χ3v) is 5.31. The maximum Gasteiger partial charge on any atom is 0.181 e. The fraction of sp³-hybridized carbons (Fsp3) is 0.417. The van der Waals surface area contributed by atoms with Crippen molar-refractivity contribution >= 4 is 34.9 Å². The van der Waals surface area contributed by atoms with Crippen molar-refractivity contribution in [2.24, 2.45) is 0 Å². The third kappa shape index (κ3) is 4.45. The van der Waals surface area contributed by atoms with E-state index in [0.29, 0.717) is 6.04 Å². The van der Waals surface area contributed by atoms with E-state index in [9.17, 15) is 0 Å². The second-order valence-corrected chi connectivity index (χ2v) is 7.41.